The van der Waals surface area contributed by atoms with Crippen molar-refractivity contribution in [3.63, 3.8) is 0 Å². The lowest BCUT2D eigenvalue weighted by Crippen LogP contribution is -2.39. The summed E-state index contributed by atoms with van der Waals surface area (Å²) >= 11 is 6.41. The van der Waals surface area contributed by atoms with Crippen LogP contribution in [-0.2, 0) is 0 Å². The largest absolute Gasteiger partial charge is 0.457 e. The normalized spacial score (nSPS) is 19.3. The molecule has 8 heteroatoms. The number of ether oxygens (including phenoxy) is 1. The van der Waals surface area contributed by atoms with Crippen molar-refractivity contribution in [1.29, 1.82) is 0 Å². The van der Waals surface area contributed by atoms with E-state index in [0.717, 1.165) is 25.9 Å². The molecule has 0 radical (unpaired) electrons. The maximum absolute atomic E-state index is 13.1. The molecule has 2 heterocycles. The van der Waals surface area contributed by atoms with Gasteiger partial charge in [0, 0.05) is 41.1 Å². The quantitative estimate of drug-likeness (QED) is 0.230. The Morgan fingerprint density at radius 3 is 3.00 bits per heavy atom. The molecular formula is C26H26ClN5O2. The van der Waals surface area contributed by atoms with Gasteiger partial charge in [-0.2, -0.15) is 0 Å². The number of rotatable bonds is 8. The maximum atomic E-state index is 13.1. The first-order valence-electron chi connectivity index (χ1n) is 11.1. The van der Waals surface area contributed by atoms with Gasteiger partial charge in [0.05, 0.1) is 11.7 Å². The number of benzene rings is 1. The van der Waals surface area contributed by atoms with Gasteiger partial charge in [0.25, 0.3) is 0 Å². The van der Waals surface area contributed by atoms with Crippen LogP contribution in [0.4, 0.5) is 0 Å². The molecule has 0 unspecified atom stereocenters. The van der Waals surface area contributed by atoms with Crippen LogP contribution in [0, 0.1) is 0 Å². The number of amidine groups is 1. The van der Waals surface area contributed by atoms with Crippen molar-refractivity contribution in [1.82, 2.24) is 16.0 Å². The minimum absolute atomic E-state index is 0.247. The highest BCUT2D eigenvalue weighted by atomic mass is 35.5. The Balaban J connectivity index is 1.34. The molecule has 1 saturated heterocycles. The van der Waals surface area contributed by atoms with Crippen LogP contribution in [0.25, 0.3) is 0 Å². The number of carbonyl (C=O) groups excluding carboxylic acids is 1. The third-order valence-corrected chi connectivity index (χ3v) is 5.81. The highest BCUT2D eigenvalue weighted by molar-refractivity contribution is 6.36. The summed E-state index contributed by atoms with van der Waals surface area (Å²) in [6.07, 6.45) is 14.3. The van der Waals surface area contributed by atoms with E-state index < -0.39 is 0 Å². The van der Waals surface area contributed by atoms with Gasteiger partial charge in [0.2, 0.25) is 0 Å². The van der Waals surface area contributed by atoms with Gasteiger partial charge in [-0.25, -0.2) is 4.99 Å². The average molecular weight is 476 g/mol. The van der Waals surface area contributed by atoms with E-state index in [1.54, 1.807) is 36.6 Å². The minimum atomic E-state index is -0.247. The van der Waals surface area contributed by atoms with Crippen molar-refractivity contribution in [2.75, 3.05) is 19.8 Å². The van der Waals surface area contributed by atoms with Crippen LogP contribution in [-0.4, -0.2) is 43.8 Å². The first-order chi connectivity index (χ1) is 16.6. The Hall–Kier alpha value is -3.48. The van der Waals surface area contributed by atoms with E-state index in [0.29, 0.717) is 46.8 Å². The zero-order valence-corrected chi connectivity index (χ0v) is 19.4. The molecule has 1 aliphatic carbocycles. The molecule has 1 fully saturated rings. The maximum Gasteiger partial charge on any atom is 0.196 e. The summed E-state index contributed by atoms with van der Waals surface area (Å²) < 4.78 is 5.81. The standard InChI is InChI=1S/C26H26ClN5O2/c1-18-23(15-30-26(18)32-17-29-16-31-19-10-12-28-13-11-19)25(33)22-9-8-21(14-24(22)27)34-20-6-4-2-3-5-7-20/h2-4,6-9,14-15,17,19,28,31H,1,10-13,16H2,(H,29,30,32). The van der Waals surface area contributed by atoms with Gasteiger partial charge in [-0.15, -0.1) is 5.73 Å². The molecule has 0 spiro atoms. The summed E-state index contributed by atoms with van der Waals surface area (Å²) in [5, 5.41) is 10.0. The van der Waals surface area contributed by atoms with Crippen molar-refractivity contribution in [3.05, 3.63) is 94.6 Å². The van der Waals surface area contributed by atoms with E-state index in [4.69, 9.17) is 16.3 Å². The van der Waals surface area contributed by atoms with Crippen molar-refractivity contribution in [3.8, 4) is 5.75 Å². The smallest absolute Gasteiger partial charge is 0.196 e. The lowest BCUT2D eigenvalue weighted by Gasteiger charge is -2.22. The molecule has 7 nitrogen and oxygen atoms in total. The Labute approximate surface area is 204 Å². The van der Waals surface area contributed by atoms with Gasteiger partial charge in [-0.3, -0.25) is 15.1 Å². The topological polar surface area (TPSA) is 87.1 Å². The van der Waals surface area contributed by atoms with Crippen LogP contribution in [0.1, 0.15) is 23.2 Å². The molecule has 0 atom stereocenters. The molecular weight excluding hydrogens is 450 g/mol. The average Bonchev–Trinajstić information content (AvgIpc) is 3.03. The van der Waals surface area contributed by atoms with Crippen LogP contribution in [0.15, 0.2) is 94.0 Å². The van der Waals surface area contributed by atoms with Crippen molar-refractivity contribution in [2.24, 2.45) is 9.98 Å². The lowest BCUT2D eigenvalue weighted by atomic mass is 9.99. The van der Waals surface area contributed by atoms with E-state index >= 15 is 0 Å². The number of nitrogens with zero attached hydrogens (tertiary/aromatic N) is 2. The molecule has 1 aromatic rings. The van der Waals surface area contributed by atoms with E-state index in [-0.39, 0.29) is 10.8 Å². The molecule has 0 amide bonds. The van der Waals surface area contributed by atoms with Crippen molar-refractivity contribution in [2.45, 2.75) is 18.9 Å². The van der Waals surface area contributed by atoms with Crippen LogP contribution in [0.3, 0.4) is 0 Å². The monoisotopic (exact) mass is 475 g/mol. The van der Waals surface area contributed by atoms with Gasteiger partial charge in [-0.05, 0) is 50.2 Å². The molecule has 3 aliphatic rings. The molecule has 1 aromatic carbocycles. The number of ketones is 1. The highest BCUT2D eigenvalue weighted by Crippen LogP contribution is 2.28. The number of hydrogen-bond donors (Lipinski definition) is 3. The molecule has 0 bridgehead atoms. The van der Waals surface area contributed by atoms with E-state index in [1.807, 2.05) is 18.2 Å². The first kappa shape index (κ1) is 23.7. The number of nitrogens with one attached hydrogen (secondary N) is 3. The van der Waals surface area contributed by atoms with Gasteiger partial charge in [-0.1, -0.05) is 30.3 Å². The van der Waals surface area contributed by atoms with E-state index in [1.165, 1.54) is 6.34 Å². The van der Waals surface area contributed by atoms with Crippen LogP contribution in [0.5, 0.6) is 5.75 Å². The summed E-state index contributed by atoms with van der Waals surface area (Å²) in [5.74, 6) is 1.38. The summed E-state index contributed by atoms with van der Waals surface area (Å²) in [7, 11) is 0. The first-order valence-corrected chi connectivity index (χ1v) is 11.5. The second-order valence-corrected chi connectivity index (χ2v) is 8.25. The molecule has 0 aromatic heterocycles. The number of hydrogen-bond acceptors (Lipinski definition) is 5. The molecule has 0 saturated carbocycles. The van der Waals surface area contributed by atoms with E-state index in [9.17, 15) is 4.79 Å². The zero-order valence-electron chi connectivity index (χ0n) is 18.7. The summed E-state index contributed by atoms with van der Waals surface area (Å²) in [4.78, 5) is 21.7. The third-order valence-electron chi connectivity index (χ3n) is 5.50. The SMILES string of the molecule is C=C1C(C(=O)c2ccc(OC3=CC=CC=C=C3)cc2Cl)=CNC1=N/C=N\CNC1CCNCC1. The number of piperidine rings is 1. The zero-order chi connectivity index (χ0) is 23.8. The molecule has 174 valence electrons. The second kappa shape index (κ2) is 11.6. The van der Waals surface area contributed by atoms with Gasteiger partial charge in [0.1, 0.15) is 23.7 Å². The van der Waals surface area contributed by atoms with Gasteiger partial charge >= 0.3 is 0 Å². The summed E-state index contributed by atoms with van der Waals surface area (Å²) in [6.45, 7) is 6.56. The third kappa shape index (κ3) is 6.10. The number of aliphatic imine (C=N–C) groups is 2. The minimum Gasteiger partial charge on any atom is -0.457 e. The predicted octanol–water partition coefficient (Wildman–Crippen LogP) is 3.84. The Morgan fingerprint density at radius 1 is 1.32 bits per heavy atom. The van der Waals surface area contributed by atoms with Crippen LogP contribution in [0.2, 0.25) is 5.02 Å². The van der Waals surface area contributed by atoms with Crippen LogP contribution < -0.4 is 20.7 Å². The fourth-order valence-electron chi connectivity index (χ4n) is 3.64. The number of carbonyl (C=O) groups is 1. The predicted molar refractivity (Wildman–Crippen MR) is 136 cm³/mol. The number of halogens is 1. The lowest BCUT2D eigenvalue weighted by molar-refractivity contribution is 0.103. The van der Waals surface area contributed by atoms with Crippen molar-refractivity contribution < 1.29 is 9.53 Å². The Morgan fingerprint density at radius 2 is 2.18 bits per heavy atom. The summed E-state index contributed by atoms with van der Waals surface area (Å²) in [6, 6.07) is 5.44. The van der Waals surface area contributed by atoms with Gasteiger partial charge < -0.3 is 15.4 Å². The number of allylic oxidation sites excluding steroid dienone is 4. The fourth-order valence-corrected chi connectivity index (χ4v) is 3.89. The van der Waals surface area contributed by atoms with Gasteiger partial charge in [0.15, 0.2) is 5.78 Å². The fraction of sp³-hybridized carbons (Fsp3) is 0.231. The van der Waals surface area contributed by atoms with Crippen LogP contribution >= 0.6 is 11.6 Å². The Bertz CT molecular complexity index is 1180. The molecule has 4 rings (SSSR count). The molecule has 3 N–H and O–H groups in total. The second-order valence-electron chi connectivity index (χ2n) is 7.85. The highest BCUT2D eigenvalue weighted by Gasteiger charge is 2.25. The summed E-state index contributed by atoms with van der Waals surface area (Å²) in [5.41, 5.74) is 4.23. The van der Waals surface area contributed by atoms with Crippen molar-refractivity contribution >= 4 is 29.6 Å². The van der Waals surface area contributed by atoms with E-state index in [2.05, 4.69) is 38.2 Å². The molecule has 2 aliphatic heterocycles. The Kier molecular flexibility index (Phi) is 8.07. The number of Topliss-reactive ketones (excluding diaryl/α,β-unsaturated/α-hetero) is 1. The molecule has 34 heavy (non-hydrogen) atoms.